The Kier molecular flexibility index (Phi) is 5.36. The van der Waals surface area contributed by atoms with Gasteiger partial charge in [-0.25, -0.2) is 0 Å². The number of rotatable bonds is 2. The van der Waals surface area contributed by atoms with Crippen LogP contribution in [-0.2, 0) is 5.41 Å². The molecule has 1 atom stereocenters. The SMILES string of the molecule is c1ccc2c(c1)-c1cccc3c4c(cc-2c13)C1(c2ccccc2-c2cc(-c3ccc(-n5c6ccccc6c6ccccc65)cc3)ccc21)c1ccccc1-4. The molecular weight excluding hydrogens is 651 g/mol. The Labute approximate surface area is 313 Å². The van der Waals surface area contributed by atoms with E-state index in [1.54, 1.807) is 0 Å². The van der Waals surface area contributed by atoms with E-state index < -0.39 is 5.41 Å². The summed E-state index contributed by atoms with van der Waals surface area (Å²) in [5.74, 6) is 0. The Hall–Kier alpha value is -6.96. The fourth-order valence-corrected chi connectivity index (χ4v) is 10.7. The average molecular weight is 682 g/mol. The predicted octanol–water partition coefficient (Wildman–Crippen LogP) is 13.6. The minimum Gasteiger partial charge on any atom is -0.309 e. The molecule has 0 fully saturated rings. The van der Waals surface area contributed by atoms with Crippen molar-refractivity contribution < 1.29 is 0 Å². The van der Waals surface area contributed by atoms with Crippen LogP contribution in [-0.4, -0.2) is 4.57 Å². The Morgan fingerprint density at radius 2 is 0.852 bits per heavy atom. The molecule has 1 nitrogen and oxygen atoms in total. The molecule has 1 heteroatoms. The smallest absolute Gasteiger partial charge is 0.0725 e. The van der Waals surface area contributed by atoms with E-state index in [1.165, 1.54) is 116 Å². The lowest BCUT2D eigenvalue weighted by atomic mass is 9.70. The van der Waals surface area contributed by atoms with Gasteiger partial charge in [0, 0.05) is 16.5 Å². The average Bonchev–Trinajstić information content (AvgIpc) is 3.94. The van der Waals surface area contributed by atoms with Crippen molar-refractivity contribution in [2.24, 2.45) is 0 Å². The molecule has 1 unspecified atom stereocenters. The summed E-state index contributed by atoms with van der Waals surface area (Å²) in [6, 6.07) is 70.6. The highest BCUT2D eigenvalue weighted by Crippen LogP contribution is 2.65. The summed E-state index contributed by atoms with van der Waals surface area (Å²) in [5.41, 5.74) is 22.0. The van der Waals surface area contributed by atoms with Gasteiger partial charge in [0.2, 0.25) is 0 Å². The van der Waals surface area contributed by atoms with Gasteiger partial charge < -0.3 is 4.57 Å². The van der Waals surface area contributed by atoms with Crippen LogP contribution in [0.25, 0.3) is 93.9 Å². The summed E-state index contributed by atoms with van der Waals surface area (Å²) >= 11 is 0. The molecule has 1 aromatic heterocycles. The number of aromatic nitrogens is 1. The molecule has 0 radical (unpaired) electrons. The zero-order chi connectivity index (χ0) is 35.1. The molecule has 3 aliphatic rings. The highest BCUT2D eigenvalue weighted by Gasteiger charge is 2.52. The van der Waals surface area contributed by atoms with Gasteiger partial charge in [-0.2, -0.15) is 0 Å². The first-order valence-corrected chi connectivity index (χ1v) is 18.9. The van der Waals surface area contributed by atoms with Crippen LogP contribution in [0.2, 0.25) is 0 Å². The predicted molar refractivity (Wildman–Crippen MR) is 224 cm³/mol. The molecule has 3 aliphatic carbocycles. The monoisotopic (exact) mass is 681 g/mol. The first-order chi connectivity index (χ1) is 26.8. The molecule has 0 N–H and O–H groups in total. The van der Waals surface area contributed by atoms with Gasteiger partial charge in [0.05, 0.1) is 16.4 Å². The van der Waals surface area contributed by atoms with Gasteiger partial charge in [-0.1, -0.05) is 152 Å². The van der Waals surface area contributed by atoms with E-state index in [1.807, 2.05) is 0 Å². The minimum atomic E-state index is -0.408. The summed E-state index contributed by atoms with van der Waals surface area (Å²) < 4.78 is 2.39. The molecule has 54 heavy (non-hydrogen) atoms. The van der Waals surface area contributed by atoms with Gasteiger partial charge in [-0.05, 0) is 125 Å². The molecule has 1 heterocycles. The van der Waals surface area contributed by atoms with Crippen molar-refractivity contribution in [3.05, 3.63) is 210 Å². The van der Waals surface area contributed by atoms with Crippen LogP contribution in [0.3, 0.4) is 0 Å². The van der Waals surface area contributed by atoms with Crippen LogP contribution in [0.4, 0.5) is 0 Å². The molecule has 1 spiro atoms. The number of fused-ring (bicyclic) bond motifs is 17. The zero-order valence-electron chi connectivity index (χ0n) is 29.3. The summed E-state index contributed by atoms with van der Waals surface area (Å²) in [5, 5.41) is 5.30. The van der Waals surface area contributed by atoms with Crippen molar-refractivity contribution in [3.8, 4) is 61.3 Å². The number of benzene rings is 9. The second kappa shape index (κ2) is 10.1. The molecule has 0 aliphatic heterocycles. The molecule has 9 aromatic carbocycles. The third kappa shape index (κ3) is 3.37. The highest BCUT2D eigenvalue weighted by molar-refractivity contribution is 6.21. The summed E-state index contributed by atoms with van der Waals surface area (Å²) in [6.07, 6.45) is 0. The molecule has 0 amide bonds. The van der Waals surface area contributed by atoms with E-state index in [4.69, 9.17) is 0 Å². The first kappa shape index (κ1) is 28.6. The van der Waals surface area contributed by atoms with E-state index in [-0.39, 0.29) is 0 Å². The highest BCUT2D eigenvalue weighted by atomic mass is 15.0. The maximum absolute atomic E-state index is 2.56. The second-order valence-corrected chi connectivity index (χ2v) is 15.1. The van der Waals surface area contributed by atoms with Crippen LogP contribution >= 0.6 is 0 Å². The Balaban J connectivity index is 1.03. The van der Waals surface area contributed by atoms with Crippen molar-refractivity contribution >= 4 is 32.6 Å². The summed E-state index contributed by atoms with van der Waals surface area (Å²) in [4.78, 5) is 0. The molecule has 13 rings (SSSR count). The van der Waals surface area contributed by atoms with Gasteiger partial charge in [0.15, 0.2) is 0 Å². The quantitative estimate of drug-likeness (QED) is 0.171. The van der Waals surface area contributed by atoms with E-state index in [9.17, 15) is 0 Å². The topological polar surface area (TPSA) is 4.93 Å². The van der Waals surface area contributed by atoms with Crippen LogP contribution in [0.5, 0.6) is 0 Å². The molecular formula is C53H31N. The van der Waals surface area contributed by atoms with E-state index in [2.05, 4.69) is 193 Å². The molecule has 10 aromatic rings. The lowest BCUT2D eigenvalue weighted by molar-refractivity contribution is 0.795. The van der Waals surface area contributed by atoms with Gasteiger partial charge in [-0.3, -0.25) is 0 Å². The maximum atomic E-state index is 2.56. The summed E-state index contributed by atoms with van der Waals surface area (Å²) in [6.45, 7) is 0. The molecule has 0 bridgehead atoms. The standard InChI is InChI=1S/C53H31N/c1-2-13-36-35(12-1)40-18-11-19-42-51(40)44(36)31-48-52(42)41-17-4-8-21-46(41)53(48)45-20-7-3-14-37(45)43-30-33(26-29-47(43)53)32-24-27-34(28-25-32)54-49-22-9-5-15-38(49)39-16-6-10-23-50(39)54/h1-31H. The van der Waals surface area contributed by atoms with Crippen molar-refractivity contribution in [3.63, 3.8) is 0 Å². The van der Waals surface area contributed by atoms with Gasteiger partial charge >= 0.3 is 0 Å². The van der Waals surface area contributed by atoms with Gasteiger partial charge in [0.1, 0.15) is 0 Å². The number of para-hydroxylation sites is 2. The maximum Gasteiger partial charge on any atom is 0.0725 e. The molecule has 0 saturated heterocycles. The molecule has 0 saturated carbocycles. The Morgan fingerprint density at radius 3 is 1.59 bits per heavy atom. The van der Waals surface area contributed by atoms with E-state index in [0.717, 1.165) is 0 Å². The normalized spacial score (nSPS) is 15.5. The van der Waals surface area contributed by atoms with Crippen LogP contribution in [0.15, 0.2) is 188 Å². The molecule has 248 valence electrons. The van der Waals surface area contributed by atoms with Crippen molar-refractivity contribution in [2.45, 2.75) is 5.41 Å². The first-order valence-electron chi connectivity index (χ1n) is 18.9. The van der Waals surface area contributed by atoms with Crippen LogP contribution in [0, 0.1) is 0 Å². The Morgan fingerprint density at radius 1 is 0.315 bits per heavy atom. The third-order valence-electron chi connectivity index (χ3n) is 12.8. The van der Waals surface area contributed by atoms with Gasteiger partial charge in [-0.15, -0.1) is 0 Å². The lowest BCUT2D eigenvalue weighted by Crippen LogP contribution is -2.25. The second-order valence-electron chi connectivity index (χ2n) is 15.1. The van der Waals surface area contributed by atoms with Crippen LogP contribution in [0.1, 0.15) is 22.3 Å². The Bertz CT molecular complexity index is 3210. The van der Waals surface area contributed by atoms with Crippen LogP contribution < -0.4 is 0 Å². The largest absolute Gasteiger partial charge is 0.309 e. The zero-order valence-corrected chi connectivity index (χ0v) is 29.3. The van der Waals surface area contributed by atoms with Crippen molar-refractivity contribution in [1.29, 1.82) is 0 Å². The number of hydrogen-bond donors (Lipinski definition) is 0. The summed E-state index contributed by atoms with van der Waals surface area (Å²) in [7, 11) is 0. The third-order valence-corrected chi connectivity index (χ3v) is 12.8. The minimum absolute atomic E-state index is 0.408. The lowest BCUT2D eigenvalue weighted by Gasteiger charge is -2.31. The fourth-order valence-electron chi connectivity index (χ4n) is 10.7. The van der Waals surface area contributed by atoms with Crippen molar-refractivity contribution in [2.75, 3.05) is 0 Å². The van der Waals surface area contributed by atoms with Crippen molar-refractivity contribution in [1.82, 2.24) is 4.57 Å². The van der Waals surface area contributed by atoms with E-state index in [0.29, 0.717) is 0 Å². The number of nitrogens with zero attached hydrogens (tertiary/aromatic N) is 1. The van der Waals surface area contributed by atoms with E-state index >= 15 is 0 Å². The number of hydrogen-bond acceptors (Lipinski definition) is 0. The van der Waals surface area contributed by atoms with Gasteiger partial charge in [0.25, 0.3) is 0 Å². The fraction of sp³-hybridized carbons (Fsp3) is 0.0189.